The molecule has 0 aromatic heterocycles. The molecule has 0 amide bonds. The van der Waals surface area contributed by atoms with Gasteiger partial charge >= 0.3 is 17.9 Å². The summed E-state index contributed by atoms with van der Waals surface area (Å²) < 4.78 is 19.2. The molecular weight excluding hydrogens is 328 g/mol. The number of rotatable bonds is 12. The van der Waals surface area contributed by atoms with Crippen molar-refractivity contribution in [1.82, 2.24) is 0 Å². The topological polar surface area (TPSA) is 88.1 Å². The fraction of sp³-hybridized carbons (Fsp3) is 0.500. The third-order valence-electron chi connectivity index (χ3n) is 2.39. The van der Waals surface area contributed by atoms with E-state index in [0.29, 0.717) is 13.2 Å². The first-order valence-electron chi connectivity index (χ1n) is 7.93. The van der Waals surface area contributed by atoms with Gasteiger partial charge in [-0.2, -0.15) is 0 Å². The Hall–Kier alpha value is -2.41. The fourth-order valence-electron chi connectivity index (χ4n) is 1.13. The van der Waals surface area contributed by atoms with E-state index >= 15 is 0 Å². The number of hydrogen-bond acceptors (Lipinski definition) is 7. The Kier molecular flexibility index (Phi) is 17.8. The van der Waals surface area contributed by atoms with Crippen molar-refractivity contribution in [3.63, 3.8) is 0 Å². The van der Waals surface area contributed by atoms with Crippen LogP contribution in [0.4, 0.5) is 0 Å². The molecule has 0 aromatic carbocycles. The van der Waals surface area contributed by atoms with Gasteiger partial charge in [0.1, 0.15) is 6.61 Å². The molecule has 7 heteroatoms. The van der Waals surface area contributed by atoms with Gasteiger partial charge < -0.3 is 18.9 Å². The van der Waals surface area contributed by atoms with Crippen LogP contribution in [0.3, 0.4) is 0 Å². The summed E-state index contributed by atoms with van der Waals surface area (Å²) in [5.41, 5.74) is 0.251. The summed E-state index contributed by atoms with van der Waals surface area (Å²) in [7, 11) is 0. The lowest BCUT2D eigenvalue weighted by Crippen LogP contribution is -2.15. The zero-order valence-electron chi connectivity index (χ0n) is 15.1. The van der Waals surface area contributed by atoms with E-state index in [4.69, 9.17) is 9.47 Å². The molecule has 142 valence electrons. The van der Waals surface area contributed by atoms with Gasteiger partial charge in [0.15, 0.2) is 0 Å². The molecule has 0 heterocycles. The highest BCUT2D eigenvalue weighted by atomic mass is 16.6. The molecule has 0 unspecified atom stereocenters. The van der Waals surface area contributed by atoms with E-state index in [1.165, 1.54) is 0 Å². The average Bonchev–Trinajstić information content (AvgIpc) is 2.61. The Balaban J connectivity index is 0. The van der Waals surface area contributed by atoms with Crippen molar-refractivity contribution in [2.24, 2.45) is 0 Å². The first-order chi connectivity index (χ1) is 11.9. The highest BCUT2D eigenvalue weighted by molar-refractivity contribution is 5.87. The molecule has 0 saturated carbocycles. The lowest BCUT2D eigenvalue weighted by molar-refractivity contribution is -0.141. The van der Waals surface area contributed by atoms with Gasteiger partial charge in [0.25, 0.3) is 0 Å². The van der Waals surface area contributed by atoms with Gasteiger partial charge in [0.2, 0.25) is 0 Å². The molecule has 0 bridgehead atoms. The number of ether oxygens (including phenoxy) is 4. The SMILES string of the molecule is C=CC(=O)OCC.C=CC(=O)OCCOCC(=C)C(=O)OCCCC. The van der Waals surface area contributed by atoms with Crippen molar-refractivity contribution in [1.29, 1.82) is 0 Å². The Morgan fingerprint density at radius 2 is 1.48 bits per heavy atom. The zero-order chi connectivity index (χ0) is 19.5. The van der Waals surface area contributed by atoms with E-state index in [1.807, 2.05) is 6.92 Å². The maximum Gasteiger partial charge on any atom is 0.335 e. The molecule has 0 rings (SSSR count). The quantitative estimate of drug-likeness (QED) is 0.229. The minimum absolute atomic E-state index is 0.0661. The molecule has 0 aliphatic heterocycles. The van der Waals surface area contributed by atoms with Crippen molar-refractivity contribution in [3.8, 4) is 0 Å². The van der Waals surface area contributed by atoms with E-state index in [1.54, 1.807) is 6.92 Å². The lowest BCUT2D eigenvalue weighted by atomic mass is 10.3. The van der Waals surface area contributed by atoms with Crippen molar-refractivity contribution in [2.45, 2.75) is 26.7 Å². The smallest absolute Gasteiger partial charge is 0.335 e. The predicted octanol–water partition coefficient (Wildman–Crippen LogP) is 2.37. The number of hydrogen-bond donors (Lipinski definition) is 0. The Bertz CT molecular complexity index is 441. The van der Waals surface area contributed by atoms with E-state index in [9.17, 15) is 14.4 Å². The Labute approximate surface area is 149 Å². The summed E-state index contributed by atoms with van der Waals surface area (Å²) in [6, 6.07) is 0. The largest absolute Gasteiger partial charge is 0.463 e. The molecule has 0 spiro atoms. The molecule has 7 nitrogen and oxygen atoms in total. The second-order valence-corrected chi connectivity index (χ2v) is 4.47. The molecule has 0 saturated heterocycles. The van der Waals surface area contributed by atoms with E-state index in [2.05, 4.69) is 29.2 Å². The summed E-state index contributed by atoms with van der Waals surface area (Å²) in [5.74, 6) is -1.31. The Morgan fingerprint density at radius 1 is 0.880 bits per heavy atom. The van der Waals surface area contributed by atoms with Crippen LogP contribution in [-0.4, -0.2) is 50.9 Å². The standard InChI is InChI=1S/C13H20O5.C5H8O2/c1-4-6-7-18-13(15)11(3)10-16-8-9-17-12(14)5-2;1-3-5(6)7-4-2/h5H,2-4,6-10H2,1H3;3H,1,4H2,2H3. The van der Waals surface area contributed by atoms with Crippen LogP contribution < -0.4 is 0 Å². The van der Waals surface area contributed by atoms with Gasteiger partial charge in [-0.3, -0.25) is 0 Å². The third-order valence-corrected chi connectivity index (χ3v) is 2.39. The Morgan fingerprint density at radius 3 is 1.96 bits per heavy atom. The van der Waals surface area contributed by atoms with E-state index in [-0.39, 0.29) is 31.4 Å². The lowest BCUT2D eigenvalue weighted by Gasteiger charge is -2.07. The highest BCUT2D eigenvalue weighted by Crippen LogP contribution is 1.98. The van der Waals surface area contributed by atoms with Crippen molar-refractivity contribution < 1.29 is 33.3 Å². The van der Waals surface area contributed by atoms with Crippen LogP contribution in [0.5, 0.6) is 0 Å². The van der Waals surface area contributed by atoms with Crippen LogP contribution in [0.25, 0.3) is 0 Å². The minimum atomic E-state index is -0.503. The monoisotopic (exact) mass is 356 g/mol. The van der Waals surface area contributed by atoms with Crippen LogP contribution in [0.1, 0.15) is 26.7 Å². The van der Waals surface area contributed by atoms with Crippen molar-refractivity contribution >= 4 is 17.9 Å². The van der Waals surface area contributed by atoms with Gasteiger partial charge in [-0.05, 0) is 13.3 Å². The molecule has 0 aromatic rings. The zero-order valence-corrected chi connectivity index (χ0v) is 15.1. The van der Waals surface area contributed by atoms with Gasteiger partial charge in [-0.1, -0.05) is 33.1 Å². The van der Waals surface area contributed by atoms with Gasteiger partial charge in [-0.15, -0.1) is 0 Å². The van der Waals surface area contributed by atoms with Gasteiger partial charge in [-0.25, -0.2) is 14.4 Å². The number of carbonyl (C=O) groups is 3. The second kappa shape index (κ2) is 17.9. The van der Waals surface area contributed by atoms with Crippen molar-refractivity contribution in [2.75, 3.05) is 33.0 Å². The van der Waals surface area contributed by atoms with Gasteiger partial charge in [0.05, 0.1) is 32.0 Å². The second-order valence-electron chi connectivity index (χ2n) is 4.47. The summed E-state index contributed by atoms with van der Waals surface area (Å²) in [6.45, 7) is 15.0. The number of esters is 3. The first kappa shape index (κ1) is 24.8. The third kappa shape index (κ3) is 17.8. The van der Waals surface area contributed by atoms with Crippen molar-refractivity contribution in [3.05, 3.63) is 37.5 Å². The minimum Gasteiger partial charge on any atom is -0.463 e. The summed E-state index contributed by atoms with van der Waals surface area (Å²) in [6.07, 6.45) is 4.01. The van der Waals surface area contributed by atoms with Crippen LogP contribution in [-0.2, 0) is 33.3 Å². The molecule has 0 atom stereocenters. The van der Waals surface area contributed by atoms with E-state index < -0.39 is 11.9 Å². The molecule has 0 fully saturated rings. The summed E-state index contributed by atoms with van der Waals surface area (Å²) in [4.78, 5) is 32.1. The number of carbonyl (C=O) groups excluding carboxylic acids is 3. The molecule has 0 aliphatic carbocycles. The molecular formula is C18H28O7. The highest BCUT2D eigenvalue weighted by Gasteiger charge is 2.08. The predicted molar refractivity (Wildman–Crippen MR) is 93.8 cm³/mol. The molecule has 25 heavy (non-hydrogen) atoms. The molecule has 0 aliphatic rings. The molecule has 0 N–H and O–H groups in total. The van der Waals surface area contributed by atoms with Crippen LogP contribution in [0.15, 0.2) is 37.5 Å². The average molecular weight is 356 g/mol. The number of unbranched alkanes of at least 4 members (excludes halogenated alkanes) is 1. The van der Waals surface area contributed by atoms with Crippen LogP contribution in [0, 0.1) is 0 Å². The van der Waals surface area contributed by atoms with Gasteiger partial charge in [0, 0.05) is 12.2 Å². The fourth-order valence-corrected chi connectivity index (χ4v) is 1.13. The molecule has 0 radical (unpaired) electrons. The van der Waals surface area contributed by atoms with Crippen LogP contribution >= 0.6 is 0 Å². The maximum atomic E-state index is 11.3. The first-order valence-corrected chi connectivity index (χ1v) is 7.93. The maximum absolute atomic E-state index is 11.3. The van der Waals surface area contributed by atoms with E-state index in [0.717, 1.165) is 25.0 Å². The normalized spacial score (nSPS) is 9.04. The summed E-state index contributed by atoms with van der Waals surface area (Å²) in [5, 5.41) is 0. The van der Waals surface area contributed by atoms with Crippen LogP contribution in [0.2, 0.25) is 0 Å². The summed E-state index contributed by atoms with van der Waals surface area (Å²) >= 11 is 0.